The lowest BCUT2D eigenvalue weighted by Gasteiger charge is -2.11. The number of aliphatic imine (C=N–C) groups is 1. The van der Waals surface area contributed by atoms with Crippen molar-refractivity contribution in [1.29, 1.82) is 0 Å². The zero-order chi connectivity index (χ0) is 10.5. The minimum absolute atomic E-state index is 0. The lowest BCUT2D eigenvalue weighted by molar-refractivity contribution is -0.00000544. The van der Waals surface area contributed by atoms with E-state index in [1.54, 1.807) is 0 Å². The molecule has 1 unspecified atom stereocenters. The molecule has 2 rings (SSSR count). The van der Waals surface area contributed by atoms with Gasteiger partial charge in [0, 0.05) is 6.42 Å². The molecule has 16 heavy (non-hydrogen) atoms. The predicted octanol–water partition coefficient (Wildman–Crippen LogP) is -2.19. The van der Waals surface area contributed by atoms with Crippen molar-refractivity contribution in [2.75, 3.05) is 19.6 Å². The smallest absolute Gasteiger partial charge is 0.517 e. The molecule has 1 N–H and O–H groups in total. The highest BCUT2D eigenvalue weighted by atomic mass is 35.5. The first-order valence-electron chi connectivity index (χ1n) is 5.23. The van der Waals surface area contributed by atoms with E-state index in [0.717, 1.165) is 13.1 Å². The van der Waals surface area contributed by atoms with Crippen LogP contribution in [-0.4, -0.2) is 42.1 Å². The largest absolute Gasteiger partial charge is 1.00 e. The second-order valence-electron chi connectivity index (χ2n) is 3.77. The zero-order valence-electron chi connectivity index (χ0n) is 9.01. The average molecular weight is 239 g/mol. The Balaban J connectivity index is 0.00000128. The molecule has 0 bridgehead atoms. The molecular weight excluding hydrogens is 224 g/mol. The molecule has 1 heterocycles. The summed E-state index contributed by atoms with van der Waals surface area (Å²) < 4.78 is 0. The first kappa shape index (κ1) is 12.9. The quantitative estimate of drug-likeness (QED) is 0.606. The number of aliphatic hydroxyl groups is 1. The van der Waals surface area contributed by atoms with Gasteiger partial charge in [-0.3, -0.25) is 0 Å². The third kappa shape index (κ3) is 3.78. The molecule has 0 fully saturated rings. The van der Waals surface area contributed by atoms with Gasteiger partial charge in [0.05, 0.1) is 19.2 Å². The van der Waals surface area contributed by atoms with Crippen molar-refractivity contribution in [2.45, 2.75) is 12.5 Å². The van der Waals surface area contributed by atoms with Crippen LogP contribution in [0.3, 0.4) is 0 Å². The minimum Gasteiger partial charge on any atom is -1.00 e. The van der Waals surface area contributed by atoms with Crippen molar-refractivity contribution in [3.8, 4) is 0 Å². The molecule has 1 aliphatic heterocycles. The Kier molecular flexibility index (Phi) is 5.20. The lowest BCUT2D eigenvalue weighted by atomic mass is 10.1. The van der Waals surface area contributed by atoms with Gasteiger partial charge in [0.15, 0.2) is 0 Å². The van der Waals surface area contributed by atoms with Gasteiger partial charge >= 0.3 is 6.34 Å². The van der Waals surface area contributed by atoms with Crippen molar-refractivity contribution in [1.82, 2.24) is 4.90 Å². The van der Waals surface area contributed by atoms with Crippen molar-refractivity contribution >= 4 is 6.34 Å². The highest BCUT2D eigenvalue weighted by Crippen LogP contribution is 2.05. The van der Waals surface area contributed by atoms with E-state index in [1.165, 1.54) is 5.56 Å². The Bertz CT molecular complexity index is 329. The van der Waals surface area contributed by atoms with Gasteiger partial charge in [-0.2, -0.15) is 0 Å². The fraction of sp³-hybridized carbons (Fsp3) is 0.417. The third-order valence-electron chi connectivity index (χ3n) is 2.44. The molecule has 1 aliphatic rings. The van der Waals surface area contributed by atoms with Crippen molar-refractivity contribution in [3.05, 3.63) is 35.9 Å². The first-order chi connectivity index (χ1) is 7.34. The Morgan fingerprint density at radius 3 is 2.75 bits per heavy atom. The van der Waals surface area contributed by atoms with Crippen molar-refractivity contribution in [3.63, 3.8) is 0 Å². The second kappa shape index (κ2) is 6.44. The van der Waals surface area contributed by atoms with E-state index < -0.39 is 0 Å². The van der Waals surface area contributed by atoms with Crippen LogP contribution >= 0.6 is 0 Å². The summed E-state index contributed by atoms with van der Waals surface area (Å²) >= 11 is 0. The number of β-amino-alcohol motifs (C(OH)–C–C–N with tert-alkyl or cyclic N) is 1. The molecule has 1 aromatic rings. The molecule has 0 amide bonds. The summed E-state index contributed by atoms with van der Waals surface area (Å²) in [6.45, 7) is 2.31. The summed E-state index contributed by atoms with van der Waals surface area (Å²) in [5.41, 5.74) is 1.17. The number of aliphatic hydroxyl groups excluding tert-OH is 1. The van der Waals surface area contributed by atoms with E-state index >= 15 is 0 Å². The summed E-state index contributed by atoms with van der Waals surface area (Å²) in [5, 5.41) is 9.84. The Morgan fingerprint density at radius 2 is 2.12 bits per heavy atom. The molecule has 0 aliphatic carbocycles. The summed E-state index contributed by atoms with van der Waals surface area (Å²) in [7, 11) is 0. The van der Waals surface area contributed by atoms with E-state index in [9.17, 15) is 5.11 Å². The van der Waals surface area contributed by atoms with Crippen LogP contribution in [0.1, 0.15) is 5.56 Å². The molecule has 86 valence electrons. The average Bonchev–Trinajstić information content (AvgIpc) is 2.71. The fourth-order valence-corrected chi connectivity index (χ4v) is 1.71. The van der Waals surface area contributed by atoms with Crippen LogP contribution in [0.4, 0.5) is 0 Å². The lowest BCUT2D eigenvalue weighted by Crippen LogP contribution is -3.00. The predicted molar refractivity (Wildman–Crippen MR) is 60.0 cm³/mol. The number of halogens is 1. The molecular formula is C12H15ClN2O. The molecule has 3 nitrogen and oxygen atoms in total. The zero-order valence-corrected chi connectivity index (χ0v) is 9.77. The van der Waals surface area contributed by atoms with Crippen LogP contribution in [0.15, 0.2) is 35.3 Å². The van der Waals surface area contributed by atoms with E-state index in [-0.39, 0.29) is 18.5 Å². The van der Waals surface area contributed by atoms with Gasteiger partial charge in [0.1, 0.15) is 6.54 Å². The number of nitrogens with zero attached hydrogens (tertiary/aromatic N) is 2. The maximum atomic E-state index is 9.84. The number of hydrogen-bond acceptors (Lipinski definition) is 3. The maximum Gasteiger partial charge on any atom is 0.517 e. The van der Waals surface area contributed by atoms with E-state index in [2.05, 4.69) is 11.3 Å². The molecule has 4 heteroatoms. The number of hydrogen-bond donors (Lipinski definition) is 1. The first-order valence-corrected chi connectivity index (χ1v) is 5.23. The Labute approximate surface area is 102 Å². The van der Waals surface area contributed by atoms with Gasteiger partial charge in [-0.05, 0) is 10.6 Å². The monoisotopic (exact) mass is 238 g/mol. The highest BCUT2D eigenvalue weighted by molar-refractivity contribution is 5.57. The maximum absolute atomic E-state index is 9.84. The Morgan fingerprint density at radius 1 is 1.38 bits per heavy atom. The third-order valence-corrected chi connectivity index (χ3v) is 2.44. The summed E-state index contributed by atoms with van der Waals surface area (Å²) in [4.78, 5) is 5.93. The number of benzene rings is 1. The van der Waals surface area contributed by atoms with Gasteiger partial charge in [-0.15, -0.1) is 4.90 Å². The summed E-state index contributed by atoms with van der Waals surface area (Å²) in [6.07, 6.45) is 3.23. The summed E-state index contributed by atoms with van der Waals surface area (Å²) in [5.74, 6) is 0. The number of rotatable bonds is 4. The summed E-state index contributed by atoms with van der Waals surface area (Å²) in [6, 6.07) is 10.0. The van der Waals surface area contributed by atoms with Crippen LogP contribution in [0.2, 0.25) is 0 Å². The van der Waals surface area contributed by atoms with E-state index in [1.807, 2.05) is 35.2 Å². The minimum atomic E-state index is -0.340. The van der Waals surface area contributed by atoms with Crippen LogP contribution < -0.4 is 12.4 Å². The van der Waals surface area contributed by atoms with Gasteiger partial charge in [0.2, 0.25) is 0 Å². The molecule has 1 aromatic carbocycles. The molecule has 0 aromatic heterocycles. The van der Waals surface area contributed by atoms with Crippen LogP contribution in [0.25, 0.3) is 0 Å². The molecule has 0 saturated heterocycles. The highest BCUT2D eigenvalue weighted by Gasteiger charge is 2.23. The molecule has 0 saturated carbocycles. The van der Waals surface area contributed by atoms with Crippen LogP contribution in [0, 0.1) is 0 Å². The topological polar surface area (TPSA) is 35.8 Å². The van der Waals surface area contributed by atoms with Gasteiger partial charge in [0.25, 0.3) is 0 Å². The van der Waals surface area contributed by atoms with Crippen LogP contribution in [-0.2, 0) is 6.42 Å². The molecule has 0 spiro atoms. The molecule has 1 atom stereocenters. The van der Waals surface area contributed by atoms with Gasteiger partial charge in [-0.25, -0.2) is 0 Å². The van der Waals surface area contributed by atoms with E-state index in [4.69, 9.17) is 0 Å². The van der Waals surface area contributed by atoms with Gasteiger partial charge < -0.3 is 17.5 Å². The fourth-order valence-electron chi connectivity index (χ4n) is 1.71. The normalized spacial score (nSPS) is 15.4. The Hall–Kier alpha value is -1.15. The van der Waals surface area contributed by atoms with E-state index in [0.29, 0.717) is 13.0 Å². The van der Waals surface area contributed by atoms with Crippen LogP contribution in [0.5, 0.6) is 0 Å². The standard InChI is InChI=1S/C12H15N2O.ClH/c15-12(9-14-7-6-13-10-14)8-11-4-2-1-3-5-11;/h1-5,12,15H,6-9H2;1H/q+1;/p-1. The van der Waals surface area contributed by atoms with Crippen molar-refractivity contribution in [2.24, 2.45) is 4.99 Å². The van der Waals surface area contributed by atoms with Crippen molar-refractivity contribution < 1.29 is 17.5 Å². The molecule has 0 radical (unpaired) electrons. The SMILES string of the molecule is OC(Cc1ccccc1)CN1[C+]=NCC1.[Cl-]. The van der Waals surface area contributed by atoms with Gasteiger partial charge in [-0.1, -0.05) is 30.3 Å². The second-order valence-corrected chi connectivity index (χ2v) is 3.77.